The Morgan fingerprint density at radius 2 is 1.98 bits per heavy atom. The number of rotatable bonds is 11. The van der Waals surface area contributed by atoms with Gasteiger partial charge in [0.1, 0.15) is 29.6 Å². The SMILES string of the molecule is COc1nc(N)nc2c1ncn2C1O[C@H](COP(=O)(N[C@@H](C)C(=O)OCC(C)(C)C)Oc2ccccc2)[C@@H](O)[C@@]1(C)O. The second-order valence-corrected chi connectivity index (χ2v) is 13.0. The van der Waals surface area contributed by atoms with Crippen LogP contribution in [0, 0.1) is 5.41 Å². The molecule has 5 N–H and O–H groups in total. The van der Waals surface area contributed by atoms with Crippen LogP contribution in [-0.4, -0.2) is 79.9 Å². The molecular formula is C26H37N6O9P. The first-order valence-corrected chi connectivity index (χ1v) is 14.7. The number of carbonyl (C=O) groups excluding carboxylic acids is 1. The fraction of sp³-hybridized carbons (Fsp3) is 0.538. The van der Waals surface area contributed by atoms with Crippen LogP contribution in [0.2, 0.25) is 0 Å². The zero-order chi connectivity index (χ0) is 30.9. The molecule has 2 unspecified atom stereocenters. The minimum atomic E-state index is -4.27. The number of nitrogens with two attached hydrogens (primary N) is 1. The van der Waals surface area contributed by atoms with Crippen LogP contribution >= 0.6 is 7.75 Å². The molecule has 2 aromatic heterocycles. The summed E-state index contributed by atoms with van der Waals surface area (Å²) in [6.07, 6.45) is -2.58. The van der Waals surface area contributed by atoms with Gasteiger partial charge in [-0.25, -0.2) is 9.55 Å². The first-order chi connectivity index (χ1) is 19.6. The lowest BCUT2D eigenvalue weighted by Gasteiger charge is -2.27. The number of para-hydroxylation sites is 1. The Hall–Kier alpha value is -3.33. The van der Waals surface area contributed by atoms with Gasteiger partial charge in [-0.05, 0) is 31.4 Å². The first-order valence-electron chi connectivity index (χ1n) is 13.2. The van der Waals surface area contributed by atoms with E-state index in [1.54, 1.807) is 30.3 Å². The van der Waals surface area contributed by atoms with E-state index < -0.39 is 50.4 Å². The highest BCUT2D eigenvalue weighted by molar-refractivity contribution is 7.52. The van der Waals surface area contributed by atoms with Crippen LogP contribution < -0.4 is 20.1 Å². The predicted molar refractivity (Wildman–Crippen MR) is 150 cm³/mol. The summed E-state index contributed by atoms with van der Waals surface area (Å²) < 4.78 is 43.2. The van der Waals surface area contributed by atoms with Gasteiger partial charge in [0.15, 0.2) is 17.4 Å². The van der Waals surface area contributed by atoms with E-state index in [2.05, 4.69) is 20.0 Å². The number of hydrogen-bond acceptors (Lipinski definition) is 13. The maximum absolute atomic E-state index is 13.9. The number of benzene rings is 1. The summed E-state index contributed by atoms with van der Waals surface area (Å²) in [6, 6.07) is 7.14. The topological polar surface area (TPSA) is 202 Å². The Balaban J connectivity index is 1.54. The molecule has 16 heteroatoms. The summed E-state index contributed by atoms with van der Waals surface area (Å²) in [5.41, 5.74) is 4.11. The van der Waals surface area contributed by atoms with Gasteiger partial charge < -0.3 is 34.7 Å². The van der Waals surface area contributed by atoms with E-state index in [1.165, 1.54) is 31.9 Å². The first kappa shape index (κ1) is 31.6. The van der Waals surface area contributed by atoms with E-state index >= 15 is 0 Å². The summed E-state index contributed by atoms with van der Waals surface area (Å²) in [5, 5.41) is 24.9. The number of anilines is 1. The van der Waals surface area contributed by atoms with Gasteiger partial charge in [0.25, 0.3) is 0 Å². The maximum Gasteiger partial charge on any atom is 0.459 e. The monoisotopic (exact) mass is 608 g/mol. The van der Waals surface area contributed by atoms with Crippen molar-refractivity contribution in [1.82, 2.24) is 24.6 Å². The summed E-state index contributed by atoms with van der Waals surface area (Å²) in [6.45, 7) is 8.19. The minimum absolute atomic E-state index is 0.0978. The highest BCUT2D eigenvalue weighted by atomic mass is 31.2. The van der Waals surface area contributed by atoms with Crippen molar-refractivity contribution in [3.05, 3.63) is 36.7 Å². The molecule has 230 valence electrons. The lowest BCUT2D eigenvalue weighted by Crippen LogP contribution is -2.44. The van der Waals surface area contributed by atoms with Crippen LogP contribution in [0.4, 0.5) is 5.95 Å². The molecule has 0 amide bonds. The highest BCUT2D eigenvalue weighted by Gasteiger charge is 2.54. The zero-order valence-electron chi connectivity index (χ0n) is 24.3. The van der Waals surface area contributed by atoms with Crippen LogP contribution in [0.3, 0.4) is 0 Å². The number of esters is 1. The second-order valence-electron chi connectivity index (χ2n) is 11.3. The number of nitrogen functional groups attached to an aromatic ring is 1. The van der Waals surface area contributed by atoms with Crippen molar-refractivity contribution in [1.29, 1.82) is 0 Å². The number of imidazole rings is 1. The van der Waals surface area contributed by atoms with E-state index in [4.69, 9.17) is 29.0 Å². The Bertz CT molecular complexity index is 1450. The van der Waals surface area contributed by atoms with Gasteiger partial charge in [0, 0.05) is 0 Å². The van der Waals surface area contributed by atoms with E-state index in [0.29, 0.717) is 0 Å². The van der Waals surface area contributed by atoms with Gasteiger partial charge in [0.05, 0.1) is 26.7 Å². The molecule has 0 radical (unpaired) electrons. The standard InChI is InChI=1S/C26H37N6O9P/c1-15(22(34)38-13-25(2,3)4)31-42(36,41-16-10-8-7-9-11-16)39-12-17-19(33)26(5,35)23(40-17)32-14-28-18-20(32)29-24(27)30-21(18)37-6/h7-11,14-15,17,19,23,33,35H,12-13H2,1-6H3,(H,31,36)(H2,27,29,30)/t15-,17+,19+,23?,26+,42?/m0/s1. The molecule has 42 heavy (non-hydrogen) atoms. The number of aromatic nitrogens is 4. The average Bonchev–Trinajstić information content (AvgIpc) is 3.43. The van der Waals surface area contributed by atoms with Gasteiger partial charge in [-0.15, -0.1) is 0 Å². The molecule has 0 spiro atoms. The van der Waals surface area contributed by atoms with Gasteiger partial charge in [-0.2, -0.15) is 15.1 Å². The lowest BCUT2D eigenvalue weighted by atomic mass is 9.96. The van der Waals surface area contributed by atoms with Crippen LogP contribution in [-0.2, 0) is 23.4 Å². The van der Waals surface area contributed by atoms with Gasteiger partial charge in [0.2, 0.25) is 11.8 Å². The van der Waals surface area contributed by atoms with Crippen LogP contribution in [0.1, 0.15) is 40.8 Å². The molecule has 3 heterocycles. The fourth-order valence-electron chi connectivity index (χ4n) is 4.18. The predicted octanol–water partition coefficient (Wildman–Crippen LogP) is 2.20. The molecule has 0 saturated carbocycles. The molecule has 1 saturated heterocycles. The molecule has 1 aromatic carbocycles. The van der Waals surface area contributed by atoms with Crippen molar-refractivity contribution in [2.24, 2.45) is 5.41 Å². The largest absolute Gasteiger partial charge is 0.479 e. The molecular weight excluding hydrogens is 571 g/mol. The van der Waals surface area contributed by atoms with Crippen LogP contribution in [0.15, 0.2) is 36.7 Å². The summed E-state index contributed by atoms with van der Waals surface area (Å²) in [5.74, 6) is -0.430. The van der Waals surface area contributed by atoms with Gasteiger partial charge >= 0.3 is 13.7 Å². The summed E-state index contributed by atoms with van der Waals surface area (Å²) >= 11 is 0. The number of methoxy groups -OCH3 is 1. The van der Waals surface area contributed by atoms with Crippen molar-refractivity contribution in [2.75, 3.05) is 26.1 Å². The number of aliphatic hydroxyl groups is 2. The normalized spacial score (nSPS) is 24.7. The molecule has 0 aliphatic carbocycles. The minimum Gasteiger partial charge on any atom is -0.479 e. The third kappa shape index (κ3) is 7.00. The van der Waals surface area contributed by atoms with Crippen molar-refractivity contribution in [3.8, 4) is 11.6 Å². The van der Waals surface area contributed by atoms with Crippen molar-refractivity contribution < 1.29 is 42.8 Å². The van der Waals surface area contributed by atoms with Crippen molar-refractivity contribution in [2.45, 2.75) is 64.7 Å². The smallest absolute Gasteiger partial charge is 0.459 e. The number of fused-ring (bicyclic) bond motifs is 1. The molecule has 1 fully saturated rings. The molecule has 1 aliphatic heterocycles. The average molecular weight is 609 g/mol. The quantitative estimate of drug-likeness (QED) is 0.182. The van der Waals surface area contributed by atoms with Crippen molar-refractivity contribution >= 4 is 30.8 Å². The lowest BCUT2D eigenvalue weighted by molar-refractivity contribution is -0.148. The zero-order valence-corrected chi connectivity index (χ0v) is 25.1. The third-order valence-corrected chi connectivity index (χ3v) is 7.98. The number of ether oxygens (including phenoxy) is 3. The van der Waals surface area contributed by atoms with Crippen molar-refractivity contribution in [3.63, 3.8) is 0 Å². The van der Waals surface area contributed by atoms with Gasteiger partial charge in [-0.1, -0.05) is 39.0 Å². The molecule has 0 bridgehead atoms. The van der Waals surface area contributed by atoms with Crippen LogP contribution in [0.5, 0.6) is 11.6 Å². The fourth-order valence-corrected chi connectivity index (χ4v) is 5.68. The van der Waals surface area contributed by atoms with E-state index in [-0.39, 0.29) is 40.8 Å². The van der Waals surface area contributed by atoms with E-state index in [1.807, 2.05) is 20.8 Å². The number of nitrogens with zero attached hydrogens (tertiary/aromatic N) is 4. The Labute approximate surface area is 242 Å². The molecule has 4 rings (SSSR count). The Kier molecular flexibility index (Phi) is 9.11. The number of carbonyl (C=O) groups is 1. The number of aliphatic hydroxyl groups excluding tert-OH is 1. The molecule has 6 atom stereocenters. The maximum atomic E-state index is 13.9. The highest BCUT2D eigenvalue weighted by Crippen LogP contribution is 2.47. The molecule has 1 aliphatic rings. The Morgan fingerprint density at radius 1 is 1.29 bits per heavy atom. The Morgan fingerprint density at radius 3 is 2.62 bits per heavy atom. The summed E-state index contributed by atoms with van der Waals surface area (Å²) in [4.78, 5) is 25.0. The number of nitrogens with one attached hydrogen (secondary N) is 1. The van der Waals surface area contributed by atoms with E-state index in [0.717, 1.165) is 0 Å². The molecule has 15 nitrogen and oxygen atoms in total. The van der Waals surface area contributed by atoms with E-state index in [9.17, 15) is 19.6 Å². The second kappa shape index (κ2) is 12.1. The molecule has 3 aromatic rings. The summed E-state index contributed by atoms with van der Waals surface area (Å²) in [7, 11) is -2.87. The number of hydrogen-bond donors (Lipinski definition) is 4. The van der Waals surface area contributed by atoms with Crippen LogP contribution in [0.25, 0.3) is 11.2 Å². The van der Waals surface area contributed by atoms with Gasteiger partial charge in [-0.3, -0.25) is 13.9 Å². The third-order valence-electron chi connectivity index (χ3n) is 6.34.